The van der Waals surface area contributed by atoms with E-state index in [1.807, 2.05) is 62.4 Å². The molecule has 0 bridgehead atoms. The van der Waals surface area contributed by atoms with Crippen molar-refractivity contribution in [2.24, 2.45) is 0 Å². The van der Waals surface area contributed by atoms with Crippen molar-refractivity contribution in [3.05, 3.63) is 59.7 Å². The predicted octanol–water partition coefficient (Wildman–Crippen LogP) is 3.38. The number of anilines is 1. The van der Waals surface area contributed by atoms with Gasteiger partial charge in [0.2, 0.25) is 5.91 Å². The lowest BCUT2D eigenvalue weighted by molar-refractivity contribution is -0.125. The quantitative estimate of drug-likeness (QED) is 0.897. The molecule has 1 N–H and O–H groups in total. The van der Waals surface area contributed by atoms with Crippen molar-refractivity contribution < 1.29 is 14.3 Å². The molecular weight excluding hydrogens is 328 g/mol. The zero-order chi connectivity index (χ0) is 18.7. The third-order valence-corrected chi connectivity index (χ3v) is 4.56. The predicted molar refractivity (Wildman–Crippen MR) is 101 cm³/mol. The fourth-order valence-electron chi connectivity index (χ4n) is 3.10. The number of amides is 2. The summed E-state index contributed by atoms with van der Waals surface area (Å²) in [6.07, 6.45) is -0.306. The van der Waals surface area contributed by atoms with Gasteiger partial charge in [-0.05, 0) is 44.0 Å². The van der Waals surface area contributed by atoms with Crippen LogP contribution in [0.3, 0.4) is 0 Å². The molecule has 2 amide bonds. The van der Waals surface area contributed by atoms with Gasteiger partial charge in [0.1, 0.15) is 5.75 Å². The van der Waals surface area contributed by atoms with E-state index >= 15 is 0 Å². The van der Waals surface area contributed by atoms with Crippen LogP contribution in [-0.2, 0) is 9.59 Å². The maximum absolute atomic E-state index is 12.5. The van der Waals surface area contributed by atoms with Crippen LogP contribution in [0.4, 0.5) is 5.69 Å². The number of nitrogens with one attached hydrogen (secondary N) is 1. The second-order valence-electron chi connectivity index (χ2n) is 6.67. The molecule has 2 aromatic carbocycles. The summed E-state index contributed by atoms with van der Waals surface area (Å²) in [5.41, 5.74) is 2.83. The van der Waals surface area contributed by atoms with Gasteiger partial charge in [-0.1, -0.05) is 36.4 Å². The number of aryl methyl sites for hydroxylation is 1. The van der Waals surface area contributed by atoms with Gasteiger partial charge in [-0.3, -0.25) is 9.59 Å². The van der Waals surface area contributed by atoms with E-state index in [4.69, 9.17) is 4.74 Å². The first-order valence-electron chi connectivity index (χ1n) is 8.88. The summed E-state index contributed by atoms with van der Waals surface area (Å²) < 4.78 is 5.67. The van der Waals surface area contributed by atoms with Crippen molar-refractivity contribution in [3.63, 3.8) is 0 Å². The Bertz CT molecular complexity index is 804. The average Bonchev–Trinajstić information content (AvgIpc) is 2.63. The Morgan fingerprint density at radius 1 is 1.23 bits per heavy atom. The van der Waals surface area contributed by atoms with Crippen molar-refractivity contribution in [2.45, 2.75) is 39.3 Å². The highest BCUT2D eigenvalue weighted by atomic mass is 16.5. The molecule has 0 radical (unpaired) electrons. The summed E-state index contributed by atoms with van der Waals surface area (Å²) in [5, 5.41) is 2.99. The van der Waals surface area contributed by atoms with E-state index in [9.17, 15) is 9.59 Å². The highest BCUT2D eigenvalue weighted by molar-refractivity contribution is 6.00. The molecule has 1 aliphatic rings. The minimum Gasteiger partial charge on any atom is -0.479 e. The van der Waals surface area contributed by atoms with Crippen LogP contribution in [0, 0.1) is 6.92 Å². The van der Waals surface area contributed by atoms with Crippen molar-refractivity contribution >= 4 is 17.5 Å². The van der Waals surface area contributed by atoms with Gasteiger partial charge in [0.25, 0.3) is 5.91 Å². The Morgan fingerprint density at radius 3 is 2.69 bits per heavy atom. The first-order valence-corrected chi connectivity index (χ1v) is 8.88. The fourth-order valence-corrected chi connectivity index (χ4v) is 3.10. The van der Waals surface area contributed by atoms with E-state index < -0.39 is 6.10 Å². The third-order valence-electron chi connectivity index (χ3n) is 4.56. The highest BCUT2D eigenvalue weighted by Gasteiger charge is 2.31. The van der Waals surface area contributed by atoms with E-state index in [2.05, 4.69) is 5.32 Å². The summed E-state index contributed by atoms with van der Waals surface area (Å²) in [4.78, 5) is 26.5. The Balaban J connectivity index is 1.66. The normalized spacial score (nSPS) is 17.3. The Labute approximate surface area is 154 Å². The van der Waals surface area contributed by atoms with Gasteiger partial charge in [0.15, 0.2) is 6.10 Å². The van der Waals surface area contributed by atoms with Crippen LogP contribution >= 0.6 is 0 Å². The number of rotatable bonds is 5. The van der Waals surface area contributed by atoms with E-state index in [0.29, 0.717) is 12.3 Å². The first kappa shape index (κ1) is 18.0. The van der Waals surface area contributed by atoms with Crippen molar-refractivity contribution in [2.75, 3.05) is 11.4 Å². The van der Waals surface area contributed by atoms with E-state index in [-0.39, 0.29) is 24.3 Å². The van der Waals surface area contributed by atoms with Crippen LogP contribution in [0.15, 0.2) is 48.5 Å². The summed E-state index contributed by atoms with van der Waals surface area (Å²) in [6.45, 7) is 5.98. The van der Waals surface area contributed by atoms with Crippen LogP contribution < -0.4 is 15.0 Å². The molecule has 0 saturated carbocycles. The molecular formula is C21H24N2O3. The Morgan fingerprint density at radius 2 is 1.96 bits per heavy atom. The summed E-state index contributed by atoms with van der Waals surface area (Å²) in [5.74, 6) is 0.482. The summed E-state index contributed by atoms with van der Waals surface area (Å²) in [7, 11) is 0. The average molecular weight is 352 g/mol. The van der Waals surface area contributed by atoms with Gasteiger partial charge in [-0.15, -0.1) is 0 Å². The lowest BCUT2D eigenvalue weighted by atomic mass is 10.1. The van der Waals surface area contributed by atoms with Gasteiger partial charge in [0, 0.05) is 13.0 Å². The topological polar surface area (TPSA) is 58.6 Å². The maximum Gasteiger partial charge on any atom is 0.267 e. The number of nitrogens with zero attached hydrogens (tertiary/aromatic N) is 1. The second-order valence-corrected chi connectivity index (χ2v) is 6.67. The molecule has 0 aliphatic carbocycles. The molecule has 5 heteroatoms. The minimum atomic E-state index is -0.545. The van der Waals surface area contributed by atoms with Gasteiger partial charge in [0.05, 0.1) is 11.7 Å². The standard InChI is InChI=1S/C21H24N2O3/c1-14-9-10-19-18(13-14)23(21(25)16(3)26-19)12-11-20(24)22-15(2)17-7-5-4-6-8-17/h4-10,13,15-16H,11-12H2,1-3H3,(H,22,24)/t15-,16+/m0/s1. The highest BCUT2D eigenvalue weighted by Crippen LogP contribution is 2.34. The molecule has 1 heterocycles. The largest absolute Gasteiger partial charge is 0.479 e. The van der Waals surface area contributed by atoms with Crippen LogP contribution in [0.1, 0.15) is 37.4 Å². The number of fused-ring (bicyclic) bond motifs is 1. The van der Waals surface area contributed by atoms with Crippen molar-refractivity contribution in [1.82, 2.24) is 5.32 Å². The van der Waals surface area contributed by atoms with Crippen LogP contribution in [0.5, 0.6) is 5.75 Å². The zero-order valence-corrected chi connectivity index (χ0v) is 15.4. The molecule has 0 saturated heterocycles. The van der Waals surface area contributed by atoms with Gasteiger partial charge in [-0.25, -0.2) is 0 Å². The number of hydrogen-bond donors (Lipinski definition) is 1. The van der Waals surface area contributed by atoms with Crippen LogP contribution in [0.2, 0.25) is 0 Å². The number of ether oxygens (including phenoxy) is 1. The summed E-state index contributed by atoms with van der Waals surface area (Å²) in [6, 6.07) is 15.5. The van der Waals surface area contributed by atoms with Crippen molar-refractivity contribution in [1.29, 1.82) is 0 Å². The minimum absolute atomic E-state index is 0.0717. The first-order chi connectivity index (χ1) is 12.5. The fraction of sp³-hybridized carbons (Fsp3) is 0.333. The Hall–Kier alpha value is -2.82. The molecule has 2 atom stereocenters. The SMILES string of the molecule is Cc1ccc2c(c1)N(CCC(=O)N[C@@H](C)c1ccccc1)C(=O)[C@@H](C)O2. The molecule has 0 unspecified atom stereocenters. The molecule has 3 rings (SSSR count). The zero-order valence-electron chi connectivity index (χ0n) is 15.4. The van der Waals surface area contributed by atoms with Crippen LogP contribution in [-0.4, -0.2) is 24.5 Å². The van der Waals surface area contributed by atoms with Crippen molar-refractivity contribution in [3.8, 4) is 5.75 Å². The lowest BCUT2D eigenvalue weighted by Gasteiger charge is -2.33. The molecule has 0 fully saturated rings. The maximum atomic E-state index is 12.5. The smallest absolute Gasteiger partial charge is 0.267 e. The molecule has 1 aliphatic heterocycles. The van der Waals surface area contributed by atoms with Gasteiger partial charge in [-0.2, -0.15) is 0 Å². The molecule has 0 spiro atoms. The molecule has 136 valence electrons. The van der Waals surface area contributed by atoms with Gasteiger partial charge < -0.3 is 15.0 Å². The third kappa shape index (κ3) is 3.87. The van der Waals surface area contributed by atoms with E-state index in [0.717, 1.165) is 16.8 Å². The van der Waals surface area contributed by atoms with Crippen LogP contribution in [0.25, 0.3) is 0 Å². The number of hydrogen-bond acceptors (Lipinski definition) is 3. The second kappa shape index (κ2) is 7.60. The molecule has 0 aromatic heterocycles. The summed E-state index contributed by atoms with van der Waals surface area (Å²) >= 11 is 0. The number of carbonyl (C=O) groups excluding carboxylic acids is 2. The van der Waals surface area contributed by atoms with E-state index in [1.54, 1.807) is 11.8 Å². The molecule has 5 nitrogen and oxygen atoms in total. The Kier molecular flexibility index (Phi) is 5.26. The number of carbonyl (C=O) groups is 2. The number of benzene rings is 2. The molecule has 2 aromatic rings. The van der Waals surface area contributed by atoms with Gasteiger partial charge >= 0.3 is 0 Å². The monoisotopic (exact) mass is 352 g/mol. The lowest BCUT2D eigenvalue weighted by Crippen LogP contribution is -2.46. The molecule has 26 heavy (non-hydrogen) atoms. The van der Waals surface area contributed by atoms with E-state index in [1.165, 1.54) is 0 Å².